The number of nitrogens with zero attached hydrogens (tertiary/aromatic N) is 1. The summed E-state index contributed by atoms with van der Waals surface area (Å²) in [6, 6.07) is 8.22. The zero-order valence-electron chi connectivity index (χ0n) is 10.1. The molecule has 0 saturated carbocycles. The number of nitrogens with one attached hydrogen (secondary N) is 1. The lowest BCUT2D eigenvalue weighted by atomic mass is 9.99. The number of nitrogens with two attached hydrogens (primary N) is 1. The average molecular weight is 231 g/mol. The van der Waals surface area contributed by atoms with Crippen molar-refractivity contribution in [3.63, 3.8) is 0 Å². The van der Waals surface area contributed by atoms with Crippen LogP contribution in [0.15, 0.2) is 24.3 Å². The molecular formula is C13H17N3O. The van der Waals surface area contributed by atoms with Gasteiger partial charge in [-0.25, -0.2) is 0 Å². The van der Waals surface area contributed by atoms with Crippen LogP contribution in [0.1, 0.15) is 25.8 Å². The molecule has 0 aliphatic heterocycles. The van der Waals surface area contributed by atoms with E-state index in [1.165, 1.54) is 0 Å². The van der Waals surface area contributed by atoms with Crippen molar-refractivity contribution >= 4 is 11.6 Å². The van der Waals surface area contributed by atoms with Crippen molar-refractivity contribution in [2.45, 2.75) is 26.3 Å². The minimum atomic E-state index is -0.504. The van der Waals surface area contributed by atoms with Gasteiger partial charge in [-0.05, 0) is 30.2 Å². The molecule has 17 heavy (non-hydrogen) atoms. The largest absolute Gasteiger partial charge is 0.325 e. The van der Waals surface area contributed by atoms with Crippen molar-refractivity contribution in [3.05, 3.63) is 29.8 Å². The molecule has 0 aromatic heterocycles. The van der Waals surface area contributed by atoms with Crippen LogP contribution in [0.3, 0.4) is 0 Å². The van der Waals surface area contributed by atoms with Gasteiger partial charge in [0.2, 0.25) is 5.91 Å². The molecule has 1 amide bonds. The van der Waals surface area contributed by atoms with Gasteiger partial charge in [0, 0.05) is 5.69 Å². The SMILES string of the molecule is CC[C@H](C)[C@H](N)C(=O)Nc1ccc(C#N)cc1. The highest BCUT2D eigenvalue weighted by Gasteiger charge is 2.19. The van der Waals surface area contributed by atoms with Crippen molar-refractivity contribution in [2.24, 2.45) is 11.7 Å². The standard InChI is InChI=1S/C13H17N3O/c1-3-9(2)12(15)13(17)16-11-6-4-10(8-14)5-7-11/h4-7,9,12H,3,15H2,1-2H3,(H,16,17)/t9-,12-/m0/s1. The van der Waals surface area contributed by atoms with Crippen LogP contribution in [0.2, 0.25) is 0 Å². The first kappa shape index (κ1) is 13.2. The van der Waals surface area contributed by atoms with E-state index in [0.29, 0.717) is 11.3 Å². The molecule has 1 aromatic carbocycles. The Morgan fingerprint density at radius 2 is 2.06 bits per heavy atom. The second-order valence-electron chi connectivity index (χ2n) is 4.09. The number of hydrogen-bond acceptors (Lipinski definition) is 3. The first-order chi connectivity index (χ1) is 8.08. The van der Waals surface area contributed by atoms with Crippen molar-refractivity contribution in [3.8, 4) is 6.07 Å². The zero-order valence-corrected chi connectivity index (χ0v) is 10.1. The lowest BCUT2D eigenvalue weighted by molar-refractivity contribution is -0.118. The molecule has 0 radical (unpaired) electrons. The number of nitriles is 1. The Balaban J connectivity index is 2.65. The molecule has 0 aliphatic carbocycles. The fraction of sp³-hybridized carbons (Fsp3) is 0.385. The van der Waals surface area contributed by atoms with Crippen LogP contribution >= 0.6 is 0 Å². The normalized spacial score (nSPS) is 13.5. The highest BCUT2D eigenvalue weighted by molar-refractivity contribution is 5.94. The van der Waals surface area contributed by atoms with Crippen molar-refractivity contribution in [1.82, 2.24) is 0 Å². The maximum atomic E-state index is 11.8. The number of carbonyl (C=O) groups is 1. The van der Waals surface area contributed by atoms with E-state index in [9.17, 15) is 4.79 Å². The van der Waals surface area contributed by atoms with E-state index < -0.39 is 6.04 Å². The summed E-state index contributed by atoms with van der Waals surface area (Å²) in [4.78, 5) is 11.8. The van der Waals surface area contributed by atoms with E-state index in [1.807, 2.05) is 19.9 Å². The summed E-state index contributed by atoms with van der Waals surface area (Å²) >= 11 is 0. The molecule has 0 unspecified atom stereocenters. The maximum Gasteiger partial charge on any atom is 0.241 e. The lowest BCUT2D eigenvalue weighted by Crippen LogP contribution is -2.40. The van der Waals surface area contributed by atoms with Gasteiger partial charge in [-0.1, -0.05) is 20.3 Å². The third-order valence-electron chi connectivity index (χ3n) is 2.84. The van der Waals surface area contributed by atoms with E-state index in [2.05, 4.69) is 5.32 Å². The predicted molar refractivity (Wildman–Crippen MR) is 67.2 cm³/mol. The molecule has 1 rings (SSSR count). The monoisotopic (exact) mass is 231 g/mol. The molecule has 0 fully saturated rings. The van der Waals surface area contributed by atoms with Crippen LogP contribution in [0.4, 0.5) is 5.69 Å². The van der Waals surface area contributed by atoms with Crippen LogP contribution in [0.5, 0.6) is 0 Å². The van der Waals surface area contributed by atoms with Gasteiger partial charge in [-0.3, -0.25) is 4.79 Å². The number of anilines is 1. The molecule has 3 N–H and O–H groups in total. The smallest absolute Gasteiger partial charge is 0.241 e. The summed E-state index contributed by atoms with van der Waals surface area (Å²) in [5, 5.41) is 11.4. The Morgan fingerprint density at radius 1 is 1.47 bits per heavy atom. The molecule has 2 atom stereocenters. The summed E-state index contributed by atoms with van der Waals surface area (Å²) in [5.41, 5.74) is 7.03. The quantitative estimate of drug-likeness (QED) is 0.830. The Kier molecular flexibility index (Phi) is 4.68. The van der Waals surface area contributed by atoms with Gasteiger partial charge in [-0.15, -0.1) is 0 Å². The Hall–Kier alpha value is -1.86. The number of benzene rings is 1. The number of amides is 1. The minimum absolute atomic E-state index is 0.147. The van der Waals surface area contributed by atoms with Gasteiger partial charge in [0.1, 0.15) is 0 Å². The van der Waals surface area contributed by atoms with E-state index in [1.54, 1.807) is 24.3 Å². The molecular weight excluding hydrogens is 214 g/mol. The second-order valence-corrected chi connectivity index (χ2v) is 4.09. The summed E-state index contributed by atoms with van der Waals surface area (Å²) in [5.74, 6) is -0.0440. The van der Waals surface area contributed by atoms with E-state index in [-0.39, 0.29) is 11.8 Å². The van der Waals surface area contributed by atoms with Gasteiger partial charge >= 0.3 is 0 Å². The highest BCUT2D eigenvalue weighted by Crippen LogP contribution is 2.11. The Bertz CT molecular complexity index is 419. The first-order valence-corrected chi connectivity index (χ1v) is 5.65. The number of carbonyl (C=O) groups excluding carboxylic acids is 1. The Labute approximate surface area is 101 Å². The molecule has 0 aliphatic rings. The van der Waals surface area contributed by atoms with Crippen molar-refractivity contribution < 1.29 is 4.79 Å². The fourth-order valence-corrected chi connectivity index (χ4v) is 1.37. The molecule has 4 nitrogen and oxygen atoms in total. The van der Waals surface area contributed by atoms with Crippen molar-refractivity contribution in [2.75, 3.05) is 5.32 Å². The number of hydrogen-bond donors (Lipinski definition) is 2. The third-order valence-corrected chi connectivity index (χ3v) is 2.84. The van der Waals surface area contributed by atoms with Gasteiger partial charge in [0.25, 0.3) is 0 Å². The van der Waals surface area contributed by atoms with E-state index in [4.69, 9.17) is 11.0 Å². The molecule has 0 saturated heterocycles. The summed E-state index contributed by atoms with van der Waals surface area (Å²) in [6.45, 7) is 3.95. The average Bonchev–Trinajstić information content (AvgIpc) is 2.37. The lowest BCUT2D eigenvalue weighted by Gasteiger charge is -2.17. The molecule has 0 bridgehead atoms. The summed E-state index contributed by atoms with van der Waals surface area (Å²) in [6.07, 6.45) is 0.863. The topological polar surface area (TPSA) is 78.9 Å². The van der Waals surface area contributed by atoms with Crippen LogP contribution < -0.4 is 11.1 Å². The van der Waals surface area contributed by atoms with Crippen molar-refractivity contribution in [1.29, 1.82) is 5.26 Å². The summed E-state index contributed by atoms with van der Waals surface area (Å²) < 4.78 is 0. The highest BCUT2D eigenvalue weighted by atomic mass is 16.2. The molecule has 0 spiro atoms. The van der Waals surface area contributed by atoms with Crippen LogP contribution in [0.25, 0.3) is 0 Å². The van der Waals surface area contributed by atoms with E-state index >= 15 is 0 Å². The zero-order chi connectivity index (χ0) is 12.8. The number of rotatable bonds is 4. The molecule has 1 aromatic rings. The maximum absolute atomic E-state index is 11.8. The first-order valence-electron chi connectivity index (χ1n) is 5.65. The van der Waals surface area contributed by atoms with Gasteiger partial charge in [-0.2, -0.15) is 5.26 Å². The molecule has 4 heteroatoms. The van der Waals surface area contributed by atoms with Gasteiger partial charge in [0.15, 0.2) is 0 Å². The molecule has 90 valence electrons. The minimum Gasteiger partial charge on any atom is -0.325 e. The predicted octanol–water partition coefficient (Wildman–Crippen LogP) is 1.87. The van der Waals surface area contributed by atoms with Crippen LogP contribution in [-0.2, 0) is 4.79 Å². The fourth-order valence-electron chi connectivity index (χ4n) is 1.37. The molecule has 0 heterocycles. The third kappa shape index (κ3) is 3.58. The Morgan fingerprint density at radius 3 is 2.53 bits per heavy atom. The van der Waals surface area contributed by atoms with Gasteiger partial charge in [0.05, 0.1) is 17.7 Å². The van der Waals surface area contributed by atoms with Crippen LogP contribution in [-0.4, -0.2) is 11.9 Å². The van der Waals surface area contributed by atoms with Gasteiger partial charge < -0.3 is 11.1 Å². The summed E-state index contributed by atoms with van der Waals surface area (Å²) in [7, 11) is 0. The van der Waals surface area contributed by atoms with E-state index in [0.717, 1.165) is 6.42 Å². The van der Waals surface area contributed by atoms with Crippen LogP contribution in [0, 0.1) is 17.2 Å². The second kappa shape index (κ2) is 6.02.